The summed E-state index contributed by atoms with van der Waals surface area (Å²) in [5.41, 5.74) is 1.69. The van der Waals surface area contributed by atoms with Crippen LogP contribution in [0, 0.1) is 6.92 Å². The van der Waals surface area contributed by atoms with Crippen LogP contribution in [-0.4, -0.2) is 39.2 Å². The van der Waals surface area contributed by atoms with E-state index in [1.54, 1.807) is 29.2 Å². The van der Waals surface area contributed by atoms with Gasteiger partial charge < -0.3 is 9.84 Å². The van der Waals surface area contributed by atoms with Crippen molar-refractivity contribution in [1.82, 2.24) is 9.88 Å². The molecule has 1 N–H and O–H groups in total. The Morgan fingerprint density at radius 1 is 1.38 bits per heavy atom. The molecule has 2 heterocycles. The number of aliphatic imine (C=N–C) groups is 1. The zero-order chi connectivity index (χ0) is 18.7. The number of thioether (sulfide) groups is 1. The SMILES string of the molecule is CCOc1cc(/C=C2\S/C(=N/c3nc(C)cs3)N(CC)C2=O)ccc1O. The second kappa shape index (κ2) is 7.92. The van der Waals surface area contributed by atoms with Crippen LogP contribution in [0.5, 0.6) is 11.5 Å². The first-order chi connectivity index (χ1) is 12.5. The summed E-state index contributed by atoms with van der Waals surface area (Å²) >= 11 is 2.78. The molecule has 1 saturated heterocycles. The van der Waals surface area contributed by atoms with Crippen LogP contribution in [0.2, 0.25) is 0 Å². The smallest absolute Gasteiger partial charge is 0.266 e. The number of carbonyl (C=O) groups is 1. The molecule has 6 nitrogen and oxygen atoms in total. The monoisotopic (exact) mass is 389 g/mol. The lowest BCUT2D eigenvalue weighted by Crippen LogP contribution is -2.28. The first-order valence-corrected chi connectivity index (χ1v) is 9.89. The van der Waals surface area contributed by atoms with Gasteiger partial charge in [0.2, 0.25) is 5.13 Å². The molecule has 0 saturated carbocycles. The van der Waals surface area contributed by atoms with Gasteiger partial charge in [-0.05, 0) is 56.3 Å². The molecule has 0 unspecified atom stereocenters. The van der Waals surface area contributed by atoms with Crippen molar-refractivity contribution in [1.29, 1.82) is 0 Å². The van der Waals surface area contributed by atoms with Crippen molar-refractivity contribution in [3.8, 4) is 11.5 Å². The van der Waals surface area contributed by atoms with Crippen molar-refractivity contribution in [2.24, 2.45) is 4.99 Å². The number of carbonyl (C=O) groups excluding carboxylic acids is 1. The van der Waals surface area contributed by atoms with Crippen molar-refractivity contribution < 1.29 is 14.6 Å². The molecule has 1 aliphatic rings. The summed E-state index contributed by atoms with van der Waals surface area (Å²) in [6.07, 6.45) is 1.78. The Kier molecular flexibility index (Phi) is 5.63. The van der Waals surface area contributed by atoms with E-state index >= 15 is 0 Å². The highest BCUT2D eigenvalue weighted by Gasteiger charge is 2.32. The molecule has 1 fully saturated rings. The van der Waals surface area contributed by atoms with Gasteiger partial charge in [0, 0.05) is 11.9 Å². The molecule has 0 aliphatic carbocycles. The van der Waals surface area contributed by atoms with E-state index in [9.17, 15) is 9.90 Å². The summed E-state index contributed by atoms with van der Waals surface area (Å²) in [7, 11) is 0. The summed E-state index contributed by atoms with van der Waals surface area (Å²) < 4.78 is 5.40. The Morgan fingerprint density at radius 3 is 2.85 bits per heavy atom. The van der Waals surface area contributed by atoms with Crippen LogP contribution in [0.25, 0.3) is 6.08 Å². The number of amidine groups is 1. The predicted octanol–water partition coefficient (Wildman–Crippen LogP) is 4.18. The molecule has 1 aliphatic heterocycles. The zero-order valence-corrected chi connectivity index (χ0v) is 16.4. The maximum atomic E-state index is 12.7. The third-order valence-corrected chi connectivity index (χ3v) is 5.44. The van der Waals surface area contributed by atoms with Gasteiger partial charge in [0.05, 0.1) is 17.2 Å². The molecule has 1 aromatic carbocycles. The average molecular weight is 390 g/mol. The Bertz CT molecular complexity index is 890. The number of nitrogens with zero attached hydrogens (tertiary/aromatic N) is 3. The molecule has 8 heteroatoms. The zero-order valence-electron chi connectivity index (χ0n) is 14.7. The van der Waals surface area contributed by atoms with Crippen LogP contribution in [0.3, 0.4) is 0 Å². The van der Waals surface area contributed by atoms with E-state index in [0.717, 1.165) is 11.3 Å². The normalized spacial score (nSPS) is 17.5. The predicted molar refractivity (Wildman–Crippen MR) is 106 cm³/mol. The van der Waals surface area contributed by atoms with Gasteiger partial charge >= 0.3 is 0 Å². The number of hydrogen-bond acceptors (Lipinski definition) is 7. The number of aromatic nitrogens is 1. The van der Waals surface area contributed by atoms with Crippen LogP contribution in [0.15, 0.2) is 33.5 Å². The Morgan fingerprint density at radius 2 is 2.19 bits per heavy atom. The number of thiazole rings is 1. The lowest BCUT2D eigenvalue weighted by atomic mass is 10.2. The number of aromatic hydroxyl groups is 1. The molecule has 1 amide bonds. The first-order valence-electron chi connectivity index (χ1n) is 8.19. The standard InChI is InChI=1S/C18H19N3O3S2/c1-4-21-16(23)15(26-18(21)20-17-19-11(3)10-25-17)9-12-6-7-13(22)14(8-12)24-5-2/h6-10,22H,4-5H2,1-3H3/b15-9-,20-18+. The minimum Gasteiger partial charge on any atom is -0.504 e. The quantitative estimate of drug-likeness (QED) is 0.777. The van der Waals surface area contributed by atoms with Crippen molar-refractivity contribution in [3.05, 3.63) is 39.7 Å². The Hall–Kier alpha value is -2.32. The number of likely N-dealkylation sites (N-methyl/N-ethyl adjacent to an activating group) is 1. The fourth-order valence-corrected chi connectivity index (χ4v) is 4.15. The summed E-state index contributed by atoms with van der Waals surface area (Å²) in [5, 5.41) is 13.0. The Balaban J connectivity index is 1.91. The molecule has 0 radical (unpaired) electrons. The topological polar surface area (TPSA) is 75.0 Å². The van der Waals surface area contributed by atoms with Gasteiger partial charge in [0.1, 0.15) is 0 Å². The van der Waals surface area contributed by atoms with E-state index in [1.165, 1.54) is 23.1 Å². The maximum absolute atomic E-state index is 12.7. The van der Waals surface area contributed by atoms with Crippen molar-refractivity contribution in [2.75, 3.05) is 13.2 Å². The van der Waals surface area contributed by atoms with Gasteiger partial charge in [0.15, 0.2) is 16.7 Å². The molecule has 0 bridgehead atoms. The highest BCUT2D eigenvalue weighted by molar-refractivity contribution is 8.18. The number of ether oxygens (including phenoxy) is 1. The highest BCUT2D eigenvalue weighted by Crippen LogP contribution is 2.35. The summed E-state index contributed by atoms with van der Waals surface area (Å²) in [5.74, 6) is 0.392. The van der Waals surface area contributed by atoms with Gasteiger partial charge in [0.25, 0.3) is 5.91 Å². The van der Waals surface area contributed by atoms with Gasteiger partial charge in [-0.15, -0.1) is 11.3 Å². The van der Waals surface area contributed by atoms with E-state index in [1.807, 2.05) is 26.2 Å². The van der Waals surface area contributed by atoms with Crippen LogP contribution < -0.4 is 4.74 Å². The number of amides is 1. The number of benzene rings is 1. The van der Waals surface area contributed by atoms with Crippen LogP contribution in [0.1, 0.15) is 25.1 Å². The Labute approximate surface area is 160 Å². The number of phenols is 1. The van der Waals surface area contributed by atoms with Crippen molar-refractivity contribution >= 4 is 45.4 Å². The molecule has 136 valence electrons. The van der Waals surface area contributed by atoms with Crippen LogP contribution in [-0.2, 0) is 4.79 Å². The number of phenolic OH excluding ortho intramolecular Hbond substituents is 1. The molecule has 0 atom stereocenters. The second-order valence-corrected chi connectivity index (χ2v) is 7.33. The van der Waals surface area contributed by atoms with Crippen LogP contribution in [0.4, 0.5) is 5.13 Å². The third-order valence-electron chi connectivity index (χ3n) is 3.58. The van der Waals surface area contributed by atoms with Gasteiger partial charge in [-0.3, -0.25) is 9.69 Å². The minimum atomic E-state index is -0.0874. The lowest BCUT2D eigenvalue weighted by molar-refractivity contribution is -0.122. The number of hydrogen-bond donors (Lipinski definition) is 1. The van der Waals surface area contributed by atoms with Gasteiger partial charge in [-0.2, -0.15) is 4.99 Å². The molecular weight excluding hydrogens is 370 g/mol. The third kappa shape index (κ3) is 3.91. The minimum absolute atomic E-state index is 0.0796. The van der Waals surface area contributed by atoms with E-state index in [-0.39, 0.29) is 11.7 Å². The maximum Gasteiger partial charge on any atom is 0.266 e. The number of rotatable bonds is 5. The highest BCUT2D eigenvalue weighted by atomic mass is 32.2. The lowest BCUT2D eigenvalue weighted by Gasteiger charge is -2.11. The molecule has 3 rings (SSSR count). The molecule has 26 heavy (non-hydrogen) atoms. The summed E-state index contributed by atoms with van der Waals surface area (Å²) in [6, 6.07) is 5.02. The van der Waals surface area contributed by atoms with Crippen molar-refractivity contribution in [2.45, 2.75) is 20.8 Å². The van der Waals surface area contributed by atoms with E-state index < -0.39 is 0 Å². The van der Waals surface area contributed by atoms with Crippen LogP contribution >= 0.6 is 23.1 Å². The van der Waals surface area contributed by atoms with Crippen molar-refractivity contribution in [3.63, 3.8) is 0 Å². The molecule has 1 aromatic heterocycles. The molecule has 0 spiro atoms. The molecular formula is C18H19N3O3S2. The number of aryl methyl sites for hydroxylation is 1. The second-order valence-electron chi connectivity index (χ2n) is 5.49. The van der Waals surface area contributed by atoms with Gasteiger partial charge in [-0.25, -0.2) is 4.98 Å². The first kappa shape index (κ1) is 18.5. The fourth-order valence-electron chi connectivity index (χ4n) is 2.39. The summed E-state index contributed by atoms with van der Waals surface area (Å²) in [4.78, 5) is 23.8. The van der Waals surface area contributed by atoms with E-state index in [2.05, 4.69) is 9.98 Å². The largest absolute Gasteiger partial charge is 0.504 e. The van der Waals surface area contributed by atoms with Gasteiger partial charge in [-0.1, -0.05) is 6.07 Å². The molecule has 2 aromatic rings. The average Bonchev–Trinajstić information content (AvgIpc) is 3.14. The van der Waals surface area contributed by atoms with E-state index in [4.69, 9.17) is 4.74 Å². The van der Waals surface area contributed by atoms with E-state index in [0.29, 0.717) is 34.1 Å². The fraction of sp³-hybridized carbons (Fsp3) is 0.278. The summed E-state index contributed by atoms with van der Waals surface area (Å²) in [6.45, 7) is 6.67.